The number of hydrogen-bond donors (Lipinski definition) is 1. The normalized spacial score (nSPS) is 28.3. The molecular formula is C15H25N3O2S. The molecule has 2 atom stereocenters. The Labute approximate surface area is 130 Å². The molecule has 6 heteroatoms. The first kappa shape index (κ1) is 15.3. The van der Waals surface area contributed by atoms with E-state index in [0.717, 1.165) is 50.6 Å². The predicted octanol–water partition coefficient (Wildman–Crippen LogP) is 2.18. The van der Waals surface area contributed by atoms with E-state index in [1.165, 1.54) is 0 Å². The summed E-state index contributed by atoms with van der Waals surface area (Å²) in [6.45, 7) is 4.73. The average molecular weight is 311 g/mol. The fourth-order valence-electron chi connectivity index (χ4n) is 3.16. The van der Waals surface area contributed by atoms with Gasteiger partial charge in [-0.2, -0.15) is 0 Å². The number of aryl methyl sites for hydroxylation is 1. The molecule has 1 saturated carbocycles. The van der Waals surface area contributed by atoms with Gasteiger partial charge in [-0.05, 0) is 19.4 Å². The molecule has 0 bridgehead atoms. The van der Waals surface area contributed by atoms with Crippen molar-refractivity contribution < 1.29 is 9.47 Å². The lowest BCUT2D eigenvalue weighted by atomic mass is 9.89. The van der Waals surface area contributed by atoms with E-state index in [2.05, 4.69) is 21.8 Å². The van der Waals surface area contributed by atoms with Crippen LogP contribution in [0.15, 0.2) is 17.6 Å². The fraction of sp³-hybridized carbons (Fsp3) is 0.800. The van der Waals surface area contributed by atoms with Crippen LogP contribution in [-0.4, -0.2) is 46.4 Å². The quantitative estimate of drug-likeness (QED) is 0.903. The Kier molecular flexibility index (Phi) is 4.88. The van der Waals surface area contributed by atoms with Crippen LogP contribution >= 0.6 is 11.8 Å². The SMILES string of the molecule is CCCNC1CCC2(CC1Sc1nccn1C)OCCO2. The lowest BCUT2D eigenvalue weighted by molar-refractivity contribution is -0.178. The summed E-state index contributed by atoms with van der Waals surface area (Å²) in [5.41, 5.74) is 0. The maximum absolute atomic E-state index is 5.92. The monoisotopic (exact) mass is 311 g/mol. The van der Waals surface area contributed by atoms with E-state index in [0.29, 0.717) is 11.3 Å². The van der Waals surface area contributed by atoms with Gasteiger partial charge in [0.2, 0.25) is 0 Å². The van der Waals surface area contributed by atoms with Gasteiger partial charge in [-0.15, -0.1) is 0 Å². The molecule has 2 fully saturated rings. The van der Waals surface area contributed by atoms with Crippen molar-refractivity contribution >= 4 is 11.8 Å². The molecule has 1 aliphatic carbocycles. The van der Waals surface area contributed by atoms with Crippen LogP contribution in [0.4, 0.5) is 0 Å². The molecule has 1 aliphatic heterocycles. The van der Waals surface area contributed by atoms with Gasteiger partial charge in [0.1, 0.15) is 0 Å². The van der Waals surface area contributed by atoms with E-state index < -0.39 is 0 Å². The van der Waals surface area contributed by atoms with Crippen LogP contribution < -0.4 is 5.32 Å². The van der Waals surface area contributed by atoms with Crippen LogP contribution in [0.5, 0.6) is 0 Å². The van der Waals surface area contributed by atoms with Crippen molar-refractivity contribution in [2.45, 2.75) is 54.8 Å². The summed E-state index contributed by atoms with van der Waals surface area (Å²) in [5, 5.41) is 5.19. The molecule has 0 radical (unpaired) electrons. The maximum atomic E-state index is 5.92. The van der Waals surface area contributed by atoms with E-state index in [1.807, 2.05) is 31.2 Å². The van der Waals surface area contributed by atoms with Gasteiger partial charge in [-0.1, -0.05) is 18.7 Å². The van der Waals surface area contributed by atoms with Gasteiger partial charge >= 0.3 is 0 Å². The molecule has 1 spiro atoms. The van der Waals surface area contributed by atoms with Crippen molar-refractivity contribution in [3.05, 3.63) is 12.4 Å². The number of rotatable bonds is 5. The van der Waals surface area contributed by atoms with Gasteiger partial charge < -0.3 is 19.4 Å². The molecular weight excluding hydrogens is 286 g/mol. The largest absolute Gasteiger partial charge is 0.347 e. The Balaban J connectivity index is 1.71. The minimum atomic E-state index is -0.340. The predicted molar refractivity (Wildman–Crippen MR) is 83.4 cm³/mol. The highest BCUT2D eigenvalue weighted by Gasteiger charge is 2.45. The zero-order chi connectivity index (χ0) is 14.7. The smallest absolute Gasteiger partial charge is 0.169 e. The summed E-state index contributed by atoms with van der Waals surface area (Å²) in [5.74, 6) is -0.340. The first-order valence-electron chi connectivity index (χ1n) is 7.88. The second-order valence-corrected chi connectivity index (χ2v) is 7.09. The van der Waals surface area contributed by atoms with E-state index in [4.69, 9.17) is 9.47 Å². The highest BCUT2D eigenvalue weighted by atomic mass is 32.2. The topological polar surface area (TPSA) is 48.3 Å². The molecule has 3 rings (SSSR count). The molecule has 0 amide bonds. The third-order valence-corrected chi connectivity index (χ3v) is 5.70. The Hall–Kier alpha value is -0.560. The molecule has 1 aromatic rings. The third kappa shape index (κ3) is 3.44. The first-order valence-corrected chi connectivity index (χ1v) is 8.76. The second kappa shape index (κ2) is 6.69. The van der Waals surface area contributed by atoms with Crippen molar-refractivity contribution in [1.82, 2.24) is 14.9 Å². The Bertz CT molecular complexity index is 460. The zero-order valence-electron chi connectivity index (χ0n) is 12.9. The number of nitrogens with zero attached hydrogens (tertiary/aromatic N) is 2. The van der Waals surface area contributed by atoms with Gasteiger partial charge in [-0.3, -0.25) is 0 Å². The van der Waals surface area contributed by atoms with Gasteiger partial charge in [0.25, 0.3) is 0 Å². The molecule has 0 aromatic carbocycles. The number of hydrogen-bond acceptors (Lipinski definition) is 5. The van der Waals surface area contributed by atoms with E-state index in [-0.39, 0.29) is 5.79 Å². The van der Waals surface area contributed by atoms with Crippen LogP contribution in [0.3, 0.4) is 0 Å². The first-order chi connectivity index (χ1) is 10.2. The van der Waals surface area contributed by atoms with Crippen LogP contribution in [-0.2, 0) is 16.5 Å². The van der Waals surface area contributed by atoms with Crippen molar-refractivity contribution in [2.24, 2.45) is 7.05 Å². The molecule has 1 N–H and O–H groups in total. The van der Waals surface area contributed by atoms with E-state index >= 15 is 0 Å². The summed E-state index contributed by atoms with van der Waals surface area (Å²) in [6, 6.07) is 0.505. The Morgan fingerprint density at radius 1 is 1.48 bits per heavy atom. The number of ether oxygens (including phenoxy) is 2. The van der Waals surface area contributed by atoms with Crippen molar-refractivity contribution in [2.75, 3.05) is 19.8 Å². The van der Waals surface area contributed by atoms with Crippen molar-refractivity contribution in [1.29, 1.82) is 0 Å². The number of nitrogens with one attached hydrogen (secondary N) is 1. The average Bonchev–Trinajstić information content (AvgIpc) is 3.09. The molecule has 2 heterocycles. The molecule has 118 valence electrons. The third-order valence-electron chi connectivity index (χ3n) is 4.30. The van der Waals surface area contributed by atoms with Gasteiger partial charge in [0.05, 0.1) is 13.2 Å². The molecule has 1 aromatic heterocycles. The summed E-state index contributed by atoms with van der Waals surface area (Å²) >= 11 is 1.85. The van der Waals surface area contributed by atoms with Crippen LogP contribution in [0.25, 0.3) is 0 Å². The van der Waals surface area contributed by atoms with Gasteiger partial charge in [0.15, 0.2) is 10.9 Å². The highest BCUT2D eigenvalue weighted by molar-refractivity contribution is 7.99. The summed E-state index contributed by atoms with van der Waals surface area (Å²) < 4.78 is 13.9. The van der Waals surface area contributed by atoms with E-state index in [1.54, 1.807) is 0 Å². The maximum Gasteiger partial charge on any atom is 0.169 e. The van der Waals surface area contributed by atoms with Crippen LogP contribution in [0.1, 0.15) is 32.6 Å². The molecule has 5 nitrogen and oxygen atoms in total. The van der Waals surface area contributed by atoms with Crippen molar-refractivity contribution in [3.8, 4) is 0 Å². The molecule has 2 aliphatic rings. The summed E-state index contributed by atoms with van der Waals surface area (Å²) in [4.78, 5) is 4.46. The lowest BCUT2D eigenvalue weighted by Crippen LogP contribution is -2.50. The summed E-state index contributed by atoms with van der Waals surface area (Å²) in [6.07, 6.45) is 8.05. The van der Waals surface area contributed by atoms with Crippen molar-refractivity contribution in [3.63, 3.8) is 0 Å². The number of imidazole rings is 1. The highest BCUT2D eigenvalue weighted by Crippen LogP contribution is 2.42. The van der Waals surface area contributed by atoms with Crippen LogP contribution in [0.2, 0.25) is 0 Å². The molecule has 2 unspecified atom stereocenters. The fourth-order valence-corrected chi connectivity index (χ4v) is 4.51. The Morgan fingerprint density at radius 3 is 2.95 bits per heavy atom. The van der Waals surface area contributed by atoms with E-state index in [9.17, 15) is 0 Å². The minimum absolute atomic E-state index is 0.340. The summed E-state index contributed by atoms with van der Waals surface area (Å²) in [7, 11) is 2.05. The Morgan fingerprint density at radius 2 is 2.29 bits per heavy atom. The van der Waals surface area contributed by atoms with Gasteiger partial charge in [-0.25, -0.2) is 4.98 Å². The minimum Gasteiger partial charge on any atom is -0.347 e. The standard InChI is InChI=1S/C15H25N3O2S/c1-3-6-16-12-4-5-15(19-9-10-20-15)11-13(12)21-14-17-7-8-18(14)2/h7-8,12-13,16H,3-6,9-11H2,1-2H3. The van der Waals surface area contributed by atoms with Gasteiger partial charge in [0, 0.05) is 43.6 Å². The lowest BCUT2D eigenvalue weighted by Gasteiger charge is -2.41. The number of thioether (sulfide) groups is 1. The zero-order valence-corrected chi connectivity index (χ0v) is 13.7. The molecule has 21 heavy (non-hydrogen) atoms. The van der Waals surface area contributed by atoms with Crippen LogP contribution in [0, 0.1) is 0 Å². The second-order valence-electron chi connectivity index (χ2n) is 5.89. The molecule has 1 saturated heterocycles. The number of aromatic nitrogens is 2.